The van der Waals surface area contributed by atoms with E-state index in [9.17, 15) is 5.11 Å². The normalized spacial score (nSPS) is 22.0. The molecule has 64 valence electrons. The van der Waals surface area contributed by atoms with E-state index in [4.69, 9.17) is 0 Å². The second kappa shape index (κ2) is 3.11. The molecule has 0 saturated carbocycles. The van der Waals surface area contributed by atoms with Crippen LogP contribution in [0.4, 0.5) is 0 Å². The first-order chi connectivity index (χ1) is 5.79. The molecule has 1 aromatic carbocycles. The van der Waals surface area contributed by atoms with Gasteiger partial charge in [-0.3, -0.25) is 0 Å². The van der Waals surface area contributed by atoms with Crippen LogP contribution in [0, 0.1) is 6.92 Å². The number of fused-ring (bicyclic) bond motifs is 1. The first-order valence-electron chi connectivity index (χ1n) is 4.19. The summed E-state index contributed by atoms with van der Waals surface area (Å²) in [6, 6.07) is 6.21. The minimum atomic E-state index is -0.234. The van der Waals surface area contributed by atoms with Gasteiger partial charge in [0.25, 0.3) is 0 Å². The van der Waals surface area contributed by atoms with Crippen molar-refractivity contribution >= 4 is 11.8 Å². The van der Waals surface area contributed by atoms with Crippen molar-refractivity contribution in [3.05, 3.63) is 29.3 Å². The van der Waals surface area contributed by atoms with Crippen molar-refractivity contribution in [1.29, 1.82) is 0 Å². The van der Waals surface area contributed by atoms with Crippen molar-refractivity contribution in [3.63, 3.8) is 0 Å². The van der Waals surface area contributed by atoms with Gasteiger partial charge in [0.2, 0.25) is 0 Å². The van der Waals surface area contributed by atoms with Crippen molar-refractivity contribution < 1.29 is 5.11 Å². The van der Waals surface area contributed by atoms with Crippen LogP contribution in [0.2, 0.25) is 0 Å². The van der Waals surface area contributed by atoms with Gasteiger partial charge >= 0.3 is 0 Å². The second-order valence-electron chi connectivity index (χ2n) is 3.14. The van der Waals surface area contributed by atoms with Crippen LogP contribution in [-0.4, -0.2) is 10.9 Å². The number of thioether (sulfide) groups is 1. The van der Waals surface area contributed by atoms with Gasteiger partial charge in [-0.2, -0.15) is 0 Å². The molecule has 0 aromatic heterocycles. The number of aliphatic hydroxyl groups excluding tert-OH is 1. The van der Waals surface area contributed by atoms with E-state index in [1.165, 1.54) is 10.5 Å². The van der Waals surface area contributed by atoms with E-state index >= 15 is 0 Å². The van der Waals surface area contributed by atoms with Crippen molar-refractivity contribution in [1.82, 2.24) is 0 Å². The van der Waals surface area contributed by atoms with E-state index in [0.717, 1.165) is 17.7 Å². The predicted molar refractivity (Wildman–Crippen MR) is 51.5 cm³/mol. The number of hydrogen-bond donors (Lipinski definition) is 1. The molecule has 1 aliphatic heterocycles. The van der Waals surface area contributed by atoms with Gasteiger partial charge < -0.3 is 5.11 Å². The average molecular weight is 180 g/mol. The molecule has 1 atom stereocenters. The third kappa shape index (κ3) is 1.25. The summed E-state index contributed by atoms with van der Waals surface area (Å²) in [7, 11) is 0. The number of hydrogen-bond acceptors (Lipinski definition) is 2. The maximum Gasteiger partial charge on any atom is 0.0811 e. The van der Waals surface area contributed by atoms with Crippen LogP contribution in [0.3, 0.4) is 0 Å². The Morgan fingerprint density at radius 1 is 1.50 bits per heavy atom. The lowest BCUT2D eigenvalue weighted by Crippen LogP contribution is -2.07. The Balaban J connectivity index is 2.53. The zero-order chi connectivity index (χ0) is 8.55. The summed E-state index contributed by atoms with van der Waals surface area (Å²) in [6.07, 6.45) is 0.658. The third-order valence-electron chi connectivity index (χ3n) is 2.27. The summed E-state index contributed by atoms with van der Waals surface area (Å²) in [5.74, 6) is 1.04. The Bertz CT molecular complexity index is 296. The fraction of sp³-hybridized carbons (Fsp3) is 0.400. The van der Waals surface area contributed by atoms with Crippen molar-refractivity contribution in [3.8, 4) is 0 Å². The molecule has 2 heteroatoms. The number of aliphatic hydroxyl groups is 1. The minimum Gasteiger partial charge on any atom is -0.388 e. The molecule has 1 aromatic rings. The molecule has 1 heterocycles. The first kappa shape index (κ1) is 8.14. The Hall–Kier alpha value is -0.470. The topological polar surface area (TPSA) is 20.2 Å². The molecule has 12 heavy (non-hydrogen) atoms. The summed E-state index contributed by atoms with van der Waals surface area (Å²) in [6.45, 7) is 2.06. The monoisotopic (exact) mass is 180 g/mol. The van der Waals surface area contributed by atoms with E-state index in [2.05, 4.69) is 25.1 Å². The molecule has 0 aliphatic carbocycles. The highest BCUT2D eigenvalue weighted by Gasteiger charge is 2.19. The highest BCUT2D eigenvalue weighted by atomic mass is 32.2. The number of rotatable bonds is 0. The zero-order valence-electron chi connectivity index (χ0n) is 7.08. The summed E-state index contributed by atoms with van der Waals surface area (Å²) in [5.41, 5.74) is 2.36. The SMILES string of the molecule is Cc1cccc2c1C(O)CCS2. The molecule has 2 rings (SSSR count). The van der Waals surface area contributed by atoms with Gasteiger partial charge in [0.05, 0.1) is 6.10 Å². The van der Waals surface area contributed by atoms with Crippen LogP contribution in [0.25, 0.3) is 0 Å². The summed E-state index contributed by atoms with van der Waals surface area (Å²) in [5, 5.41) is 9.73. The van der Waals surface area contributed by atoms with Gasteiger partial charge in [-0.15, -0.1) is 11.8 Å². The molecule has 0 saturated heterocycles. The molecule has 0 spiro atoms. The van der Waals surface area contributed by atoms with E-state index < -0.39 is 0 Å². The number of aryl methyl sites for hydroxylation is 1. The maximum absolute atomic E-state index is 9.73. The van der Waals surface area contributed by atoms with E-state index in [1.807, 2.05) is 11.8 Å². The molecule has 0 amide bonds. The smallest absolute Gasteiger partial charge is 0.0811 e. The van der Waals surface area contributed by atoms with Gasteiger partial charge in [-0.05, 0) is 30.5 Å². The van der Waals surface area contributed by atoms with Crippen LogP contribution in [0.5, 0.6) is 0 Å². The summed E-state index contributed by atoms with van der Waals surface area (Å²) < 4.78 is 0. The lowest BCUT2D eigenvalue weighted by molar-refractivity contribution is 0.169. The number of benzene rings is 1. The molecule has 0 radical (unpaired) electrons. The molecular weight excluding hydrogens is 168 g/mol. The van der Waals surface area contributed by atoms with Crippen molar-refractivity contribution in [2.24, 2.45) is 0 Å². The quantitative estimate of drug-likeness (QED) is 0.662. The van der Waals surface area contributed by atoms with Crippen LogP contribution in [-0.2, 0) is 0 Å². The highest BCUT2D eigenvalue weighted by molar-refractivity contribution is 7.99. The molecular formula is C10H12OS. The second-order valence-corrected chi connectivity index (χ2v) is 4.28. The van der Waals surface area contributed by atoms with E-state index in [1.54, 1.807) is 0 Å². The van der Waals surface area contributed by atoms with Gasteiger partial charge in [0.15, 0.2) is 0 Å². The highest BCUT2D eigenvalue weighted by Crippen LogP contribution is 2.37. The average Bonchev–Trinajstić information content (AvgIpc) is 2.04. The van der Waals surface area contributed by atoms with Gasteiger partial charge in [-0.25, -0.2) is 0 Å². The van der Waals surface area contributed by atoms with Crippen LogP contribution < -0.4 is 0 Å². The minimum absolute atomic E-state index is 0.234. The Labute approximate surface area is 76.8 Å². The Morgan fingerprint density at radius 2 is 2.33 bits per heavy atom. The van der Waals surface area contributed by atoms with Gasteiger partial charge in [0, 0.05) is 10.6 Å². The standard InChI is InChI=1S/C10H12OS/c1-7-3-2-4-9-10(7)8(11)5-6-12-9/h2-4,8,11H,5-6H2,1H3. The fourth-order valence-electron chi connectivity index (χ4n) is 1.63. The van der Waals surface area contributed by atoms with Crippen LogP contribution in [0.15, 0.2) is 23.1 Å². The molecule has 1 unspecified atom stereocenters. The molecule has 1 N–H and O–H groups in total. The molecule has 0 bridgehead atoms. The van der Waals surface area contributed by atoms with E-state index in [0.29, 0.717) is 0 Å². The fourth-order valence-corrected chi connectivity index (χ4v) is 2.82. The zero-order valence-corrected chi connectivity index (χ0v) is 7.90. The van der Waals surface area contributed by atoms with Crippen molar-refractivity contribution in [2.75, 3.05) is 5.75 Å². The van der Waals surface area contributed by atoms with Gasteiger partial charge in [0.1, 0.15) is 0 Å². The van der Waals surface area contributed by atoms with Gasteiger partial charge in [-0.1, -0.05) is 12.1 Å². The largest absolute Gasteiger partial charge is 0.388 e. The first-order valence-corrected chi connectivity index (χ1v) is 5.18. The lowest BCUT2D eigenvalue weighted by atomic mass is 10.0. The van der Waals surface area contributed by atoms with Crippen LogP contribution in [0.1, 0.15) is 23.7 Å². The molecule has 0 fully saturated rings. The summed E-state index contributed by atoms with van der Waals surface area (Å²) in [4.78, 5) is 1.26. The third-order valence-corrected chi connectivity index (χ3v) is 3.37. The maximum atomic E-state index is 9.73. The molecule has 1 nitrogen and oxygen atoms in total. The Morgan fingerprint density at radius 3 is 3.08 bits per heavy atom. The van der Waals surface area contributed by atoms with Crippen LogP contribution >= 0.6 is 11.8 Å². The molecule has 1 aliphatic rings. The van der Waals surface area contributed by atoms with Crippen molar-refractivity contribution in [2.45, 2.75) is 24.3 Å². The summed E-state index contributed by atoms with van der Waals surface area (Å²) >= 11 is 1.85. The lowest BCUT2D eigenvalue weighted by Gasteiger charge is -2.22. The predicted octanol–water partition coefficient (Wildman–Crippen LogP) is 2.52. The Kier molecular flexibility index (Phi) is 2.11. The van der Waals surface area contributed by atoms with E-state index in [-0.39, 0.29) is 6.10 Å².